The maximum atomic E-state index is 14.9. The topological polar surface area (TPSA) is 143 Å². The number of carbonyl (C=O) groups is 1. The predicted octanol–water partition coefficient (Wildman–Crippen LogP) is 3.78. The molecule has 1 aliphatic heterocycles. The van der Waals surface area contributed by atoms with Crippen molar-refractivity contribution in [2.24, 2.45) is 5.92 Å². The highest BCUT2D eigenvalue weighted by Crippen LogP contribution is 2.52. The fourth-order valence-corrected chi connectivity index (χ4v) is 7.07. The number of nitrogens with two attached hydrogens (primary N) is 1. The summed E-state index contributed by atoms with van der Waals surface area (Å²) < 4.78 is 47.0. The highest BCUT2D eigenvalue weighted by Gasteiger charge is 2.46. The number of esters is 1. The number of hydrogen-bond donors (Lipinski definition) is 2. The summed E-state index contributed by atoms with van der Waals surface area (Å²) in [4.78, 5) is 28.1. The molecule has 0 aliphatic carbocycles. The number of carbonyl (C=O) groups excluding carboxylic acids is 1. The summed E-state index contributed by atoms with van der Waals surface area (Å²) in [5.41, 5.74) is 4.74. The zero-order valence-corrected chi connectivity index (χ0v) is 23.1. The molecule has 198 valence electrons. The Balaban J connectivity index is 1.76. The number of nitrogens with zero attached hydrogens (tertiary/aromatic N) is 2. The van der Waals surface area contributed by atoms with Crippen molar-refractivity contribution in [3.8, 4) is 5.75 Å². The standard InChI is InChI=1S/C22H28BrFN3O7PS/c1-12(2)33-21(29)13(3)11-35(31,34-15-6-4-14(23)5-7-15)32-10-16-19(28)18(24)20(36-16)27-9-8-17(25)26-22(27)30/h4-9,12-13,16,18-20,28H,10-11H2,1-3H3,(H2,25,26,30)/t13-,16-,18+,19-,20-,35?/m1/s1. The number of anilines is 1. The minimum atomic E-state index is -3.98. The number of aliphatic hydroxyl groups is 1. The molecule has 10 nitrogen and oxygen atoms in total. The molecular formula is C22H28BrFN3O7PS. The lowest BCUT2D eigenvalue weighted by Gasteiger charge is -2.24. The molecule has 6 atom stereocenters. The summed E-state index contributed by atoms with van der Waals surface area (Å²) in [5.74, 6) is -1.16. The minimum Gasteiger partial charge on any atom is -0.463 e. The Morgan fingerprint density at radius 3 is 2.58 bits per heavy atom. The first kappa shape index (κ1) is 28.6. The Hall–Kier alpha value is -1.92. The second-order valence-corrected chi connectivity index (χ2v) is 12.9. The van der Waals surface area contributed by atoms with Crippen LogP contribution in [0.25, 0.3) is 0 Å². The number of aromatic nitrogens is 2. The Labute approximate surface area is 220 Å². The first-order valence-electron chi connectivity index (χ1n) is 11.1. The van der Waals surface area contributed by atoms with Gasteiger partial charge in [-0.15, -0.1) is 11.8 Å². The lowest BCUT2D eigenvalue weighted by molar-refractivity contribution is -0.151. The van der Waals surface area contributed by atoms with E-state index in [-0.39, 0.29) is 30.4 Å². The van der Waals surface area contributed by atoms with Gasteiger partial charge in [-0.3, -0.25) is 13.9 Å². The molecule has 3 N–H and O–H groups in total. The molecule has 1 aromatic carbocycles. The lowest BCUT2D eigenvalue weighted by Crippen LogP contribution is -2.33. The van der Waals surface area contributed by atoms with Crippen LogP contribution < -0.4 is 15.9 Å². The van der Waals surface area contributed by atoms with Gasteiger partial charge >= 0.3 is 19.3 Å². The molecule has 36 heavy (non-hydrogen) atoms. The molecular weight excluding hydrogens is 580 g/mol. The van der Waals surface area contributed by atoms with E-state index in [0.717, 1.165) is 20.8 Å². The Morgan fingerprint density at radius 2 is 1.97 bits per heavy atom. The van der Waals surface area contributed by atoms with E-state index in [1.807, 2.05) is 0 Å². The molecule has 2 heterocycles. The van der Waals surface area contributed by atoms with Gasteiger partial charge < -0.3 is 20.1 Å². The number of hydrogen-bond acceptors (Lipinski definition) is 10. The van der Waals surface area contributed by atoms with Crippen molar-refractivity contribution >= 4 is 47.1 Å². The maximum absolute atomic E-state index is 14.9. The average molecular weight is 608 g/mol. The third kappa shape index (κ3) is 7.32. The van der Waals surface area contributed by atoms with Crippen LogP contribution in [0.5, 0.6) is 5.75 Å². The monoisotopic (exact) mass is 607 g/mol. The van der Waals surface area contributed by atoms with Gasteiger partial charge in [0.15, 0.2) is 6.17 Å². The number of rotatable bonds is 10. The van der Waals surface area contributed by atoms with E-state index in [4.69, 9.17) is 19.5 Å². The quantitative estimate of drug-likeness (QED) is 0.302. The zero-order chi connectivity index (χ0) is 26.6. The summed E-state index contributed by atoms with van der Waals surface area (Å²) in [7, 11) is -3.98. The van der Waals surface area contributed by atoms with Crippen molar-refractivity contribution in [1.29, 1.82) is 0 Å². The first-order chi connectivity index (χ1) is 16.9. The number of thioether (sulfide) groups is 1. The number of nitrogen functional groups attached to an aromatic ring is 1. The first-order valence-corrected chi connectivity index (χ1v) is 14.6. The van der Waals surface area contributed by atoms with Crippen LogP contribution in [-0.2, 0) is 18.6 Å². The van der Waals surface area contributed by atoms with E-state index in [1.54, 1.807) is 45.0 Å². The molecule has 0 saturated carbocycles. The fraction of sp³-hybridized carbons (Fsp3) is 0.500. The largest absolute Gasteiger partial charge is 0.463 e. The predicted molar refractivity (Wildman–Crippen MR) is 138 cm³/mol. The normalized spacial score (nSPS) is 24.3. The molecule has 0 amide bonds. The third-order valence-corrected chi connectivity index (χ3v) is 9.25. The highest BCUT2D eigenvalue weighted by atomic mass is 79.9. The summed E-state index contributed by atoms with van der Waals surface area (Å²) >= 11 is 4.25. The number of ether oxygens (including phenoxy) is 1. The van der Waals surface area contributed by atoms with Crippen molar-refractivity contribution < 1.29 is 32.6 Å². The van der Waals surface area contributed by atoms with Gasteiger partial charge in [-0.1, -0.05) is 22.9 Å². The highest BCUT2D eigenvalue weighted by molar-refractivity contribution is 9.10. The molecule has 1 saturated heterocycles. The van der Waals surface area contributed by atoms with Crippen LogP contribution in [-0.4, -0.2) is 57.0 Å². The molecule has 1 fully saturated rings. The van der Waals surface area contributed by atoms with Crippen molar-refractivity contribution in [1.82, 2.24) is 9.55 Å². The molecule has 1 aromatic heterocycles. The van der Waals surface area contributed by atoms with Gasteiger partial charge in [0.1, 0.15) is 23.0 Å². The van der Waals surface area contributed by atoms with E-state index in [0.29, 0.717) is 0 Å². The van der Waals surface area contributed by atoms with Gasteiger partial charge in [0, 0.05) is 10.7 Å². The van der Waals surface area contributed by atoms with E-state index in [9.17, 15) is 23.7 Å². The van der Waals surface area contributed by atoms with Crippen molar-refractivity contribution in [3.05, 3.63) is 51.5 Å². The molecule has 1 unspecified atom stereocenters. The third-order valence-electron chi connectivity index (χ3n) is 5.16. The zero-order valence-electron chi connectivity index (χ0n) is 19.8. The van der Waals surface area contributed by atoms with Gasteiger partial charge in [0.05, 0.1) is 30.0 Å². The van der Waals surface area contributed by atoms with Gasteiger partial charge in [0.2, 0.25) is 0 Å². The molecule has 0 radical (unpaired) electrons. The fourth-order valence-electron chi connectivity index (χ4n) is 3.40. The van der Waals surface area contributed by atoms with Crippen LogP contribution in [0.2, 0.25) is 0 Å². The summed E-state index contributed by atoms with van der Waals surface area (Å²) in [6.07, 6.45) is -2.70. The van der Waals surface area contributed by atoms with E-state index >= 15 is 0 Å². The van der Waals surface area contributed by atoms with Gasteiger partial charge in [-0.05, 0) is 44.2 Å². The number of aliphatic hydroxyl groups excluding tert-OH is 1. The van der Waals surface area contributed by atoms with E-state index < -0.39 is 48.1 Å². The number of alkyl halides is 1. The summed E-state index contributed by atoms with van der Waals surface area (Å²) in [5, 5.41) is 8.51. The number of halogens is 2. The van der Waals surface area contributed by atoms with Crippen LogP contribution in [0.4, 0.5) is 10.2 Å². The molecule has 0 spiro atoms. The smallest absolute Gasteiger partial charge is 0.380 e. The SMILES string of the molecule is CC(C)OC(=O)[C@H](C)CP(=O)(OC[C@H]1S[C@@H](n2ccc(N)nc2=O)[C@@H](F)[C@@H]1O)Oc1ccc(Br)cc1. The van der Waals surface area contributed by atoms with Gasteiger partial charge in [0.25, 0.3) is 0 Å². The Morgan fingerprint density at radius 1 is 1.31 bits per heavy atom. The second-order valence-electron chi connectivity index (χ2n) is 8.56. The minimum absolute atomic E-state index is 0.00812. The Kier molecular flexibility index (Phi) is 9.62. The van der Waals surface area contributed by atoms with Crippen molar-refractivity contribution in [3.63, 3.8) is 0 Å². The van der Waals surface area contributed by atoms with Crippen LogP contribution >= 0.6 is 35.3 Å². The van der Waals surface area contributed by atoms with Crippen molar-refractivity contribution in [2.75, 3.05) is 18.5 Å². The van der Waals surface area contributed by atoms with Gasteiger partial charge in [-0.2, -0.15) is 4.98 Å². The molecule has 2 aromatic rings. The number of benzene rings is 1. The van der Waals surface area contributed by atoms with Crippen LogP contribution in [0.3, 0.4) is 0 Å². The van der Waals surface area contributed by atoms with Crippen LogP contribution in [0.1, 0.15) is 26.1 Å². The Bertz CT molecular complexity index is 1170. The van der Waals surface area contributed by atoms with Crippen LogP contribution in [0.15, 0.2) is 45.8 Å². The van der Waals surface area contributed by atoms with E-state index in [2.05, 4.69) is 20.9 Å². The maximum Gasteiger partial charge on any atom is 0.380 e. The molecule has 1 aliphatic rings. The van der Waals surface area contributed by atoms with Gasteiger partial charge in [-0.25, -0.2) is 13.8 Å². The average Bonchev–Trinajstić information content (AvgIpc) is 3.07. The summed E-state index contributed by atoms with van der Waals surface area (Å²) in [6, 6.07) is 7.87. The van der Waals surface area contributed by atoms with Crippen molar-refractivity contribution in [2.45, 2.75) is 49.8 Å². The van der Waals surface area contributed by atoms with E-state index in [1.165, 1.54) is 12.3 Å². The molecule has 3 rings (SSSR count). The van der Waals surface area contributed by atoms with Crippen LogP contribution in [0, 0.1) is 5.92 Å². The molecule has 0 bridgehead atoms. The summed E-state index contributed by atoms with van der Waals surface area (Å²) in [6.45, 7) is 4.57. The second kappa shape index (κ2) is 12.1. The molecule has 14 heteroatoms. The lowest BCUT2D eigenvalue weighted by atomic mass is 10.1.